The van der Waals surface area contributed by atoms with Crippen molar-refractivity contribution in [2.45, 2.75) is 39.1 Å². The van der Waals surface area contributed by atoms with Gasteiger partial charge < -0.3 is 20.3 Å². The summed E-state index contributed by atoms with van der Waals surface area (Å²) in [6, 6.07) is 5.05. The fraction of sp³-hybridized carbons (Fsp3) is 0.412. The molecule has 1 aromatic heterocycles. The molecule has 6 nitrogen and oxygen atoms in total. The summed E-state index contributed by atoms with van der Waals surface area (Å²) < 4.78 is 40.5. The van der Waals surface area contributed by atoms with Crippen molar-refractivity contribution in [2.24, 2.45) is 0 Å². The first-order valence-corrected chi connectivity index (χ1v) is 8.04. The third-order valence-electron chi connectivity index (χ3n) is 3.76. The summed E-state index contributed by atoms with van der Waals surface area (Å²) >= 11 is 0. The first-order chi connectivity index (χ1) is 12.2. The van der Waals surface area contributed by atoms with E-state index in [0.29, 0.717) is 23.5 Å². The molecule has 0 saturated carbocycles. The van der Waals surface area contributed by atoms with Gasteiger partial charge >= 0.3 is 6.36 Å². The number of aliphatic hydroxyl groups excluding tert-OH is 1. The number of hydrogen-bond acceptors (Lipinski definition) is 6. The molecular weight excluding hydrogens is 351 g/mol. The summed E-state index contributed by atoms with van der Waals surface area (Å²) in [6.45, 7) is 3.78. The predicted molar refractivity (Wildman–Crippen MR) is 90.0 cm³/mol. The monoisotopic (exact) mass is 371 g/mol. The van der Waals surface area contributed by atoms with Crippen molar-refractivity contribution in [1.82, 2.24) is 10.2 Å². The van der Waals surface area contributed by atoms with Gasteiger partial charge in [-0.1, -0.05) is 6.92 Å². The van der Waals surface area contributed by atoms with Crippen LogP contribution >= 0.6 is 0 Å². The molecule has 0 bridgehead atoms. The topological polar surface area (TPSA) is 87.5 Å². The normalized spacial score (nSPS) is 12.7. The molecule has 0 saturated heterocycles. The Balaban J connectivity index is 2.24. The predicted octanol–water partition coefficient (Wildman–Crippen LogP) is 3.63. The number of phenols is 1. The Morgan fingerprint density at radius 1 is 1.23 bits per heavy atom. The first-order valence-electron chi connectivity index (χ1n) is 8.04. The summed E-state index contributed by atoms with van der Waals surface area (Å²) in [5, 5.41) is 30.3. The van der Waals surface area contributed by atoms with Gasteiger partial charge in [0.25, 0.3) is 0 Å². The molecule has 0 unspecified atom stereocenters. The molecule has 0 aliphatic carbocycles. The highest BCUT2D eigenvalue weighted by molar-refractivity contribution is 5.71. The van der Waals surface area contributed by atoms with E-state index in [9.17, 15) is 18.3 Å². The maximum atomic E-state index is 12.2. The van der Waals surface area contributed by atoms with E-state index in [4.69, 9.17) is 5.11 Å². The van der Waals surface area contributed by atoms with Crippen LogP contribution in [0, 0.1) is 6.92 Å². The minimum Gasteiger partial charge on any atom is -0.507 e. The largest absolute Gasteiger partial charge is 0.573 e. The fourth-order valence-corrected chi connectivity index (χ4v) is 2.47. The van der Waals surface area contributed by atoms with Crippen LogP contribution in [0.25, 0.3) is 11.3 Å². The van der Waals surface area contributed by atoms with Crippen molar-refractivity contribution in [2.75, 3.05) is 11.9 Å². The van der Waals surface area contributed by atoms with Gasteiger partial charge in [-0.2, -0.15) is 0 Å². The van der Waals surface area contributed by atoms with E-state index in [0.717, 1.165) is 18.6 Å². The summed E-state index contributed by atoms with van der Waals surface area (Å²) in [6.07, 6.45) is -3.47. The van der Waals surface area contributed by atoms with E-state index in [1.165, 1.54) is 6.07 Å². The van der Waals surface area contributed by atoms with Crippen molar-refractivity contribution < 1.29 is 28.1 Å². The van der Waals surface area contributed by atoms with Gasteiger partial charge in [0.05, 0.1) is 5.69 Å². The molecule has 2 rings (SSSR count). The van der Waals surface area contributed by atoms with Gasteiger partial charge in [0, 0.05) is 24.3 Å². The number of aryl methyl sites for hydroxylation is 1. The number of nitrogens with zero attached hydrogens (tertiary/aromatic N) is 2. The van der Waals surface area contributed by atoms with Crippen LogP contribution in [0.5, 0.6) is 11.5 Å². The Bertz CT molecular complexity index is 754. The minimum atomic E-state index is -4.83. The average Bonchev–Trinajstić information content (AvgIpc) is 2.54. The molecule has 1 heterocycles. The molecule has 0 radical (unpaired) electrons. The Morgan fingerprint density at radius 3 is 2.50 bits per heavy atom. The minimum absolute atomic E-state index is 0.0479. The van der Waals surface area contributed by atoms with E-state index in [-0.39, 0.29) is 18.2 Å². The number of halogens is 3. The SMILES string of the molecule is CC[C@@H](CCO)Nc1cc(C)c(-c2ccc(OC(F)(F)F)cc2O)nn1. The average molecular weight is 371 g/mol. The van der Waals surface area contributed by atoms with Crippen LogP contribution in [0.3, 0.4) is 0 Å². The molecule has 1 aromatic carbocycles. The molecule has 142 valence electrons. The van der Waals surface area contributed by atoms with Gasteiger partial charge in [-0.3, -0.25) is 0 Å². The number of aliphatic hydroxyl groups is 1. The quantitative estimate of drug-likeness (QED) is 0.689. The van der Waals surface area contributed by atoms with Crippen LogP contribution in [0.1, 0.15) is 25.3 Å². The van der Waals surface area contributed by atoms with Gasteiger partial charge in [-0.15, -0.1) is 23.4 Å². The van der Waals surface area contributed by atoms with Crippen molar-refractivity contribution >= 4 is 5.82 Å². The molecule has 2 aromatic rings. The van der Waals surface area contributed by atoms with Gasteiger partial charge in [0.2, 0.25) is 0 Å². The second-order valence-electron chi connectivity index (χ2n) is 5.75. The first kappa shape index (κ1) is 19.8. The number of anilines is 1. The lowest BCUT2D eigenvalue weighted by Crippen LogP contribution is -2.21. The Kier molecular flexibility index (Phi) is 6.25. The number of alkyl halides is 3. The van der Waals surface area contributed by atoms with Crippen LogP contribution in [-0.2, 0) is 0 Å². The van der Waals surface area contributed by atoms with E-state index >= 15 is 0 Å². The molecule has 9 heteroatoms. The second kappa shape index (κ2) is 8.22. The Morgan fingerprint density at radius 2 is 1.96 bits per heavy atom. The summed E-state index contributed by atoms with van der Waals surface area (Å²) in [4.78, 5) is 0. The molecule has 0 fully saturated rings. The lowest BCUT2D eigenvalue weighted by Gasteiger charge is -2.17. The fourth-order valence-electron chi connectivity index (χ4n) is 2.47. The molecule has 3 N–H and O–H groups in total. The van der Waals surface area contributed by atoms with Crippen molar-refractivity contribution in [3.05, 3.63) is 29.8 Å². The zero-order valence-electron chi connectivity index (χ0n) is 14.3. The molecule has 0 spiro atoms. The lowest BCUT2D eigenvalue weighted by atomic mass is 10.1. The van der Waals surface area contributed by atoms with Gasteiger partial charge in [-0.25, -0.2) is 0 Å². The number of aromatic hydroxyl groups is 1. The van der Waals surface area contributed by atoms with E-state index in [2.05, 4.69) is 20.3 Å². The molecule has 0 aliphatic rings. The van der Waals surface area contributed by atoms with Crippen LogP contribution in [0.15, 0.2) is 24.3 Å². The zero-order chi connectivity index (χ0) is 19.3. The molecule has 1 atom stereocenters. The van der Waals surface area contributed by atoms with Gasteiger partial charge in [0.15, 0.2) is 0 Å². The van der Waals surface area contributed by atoms with Crippen LogP contribution < -0.4 is 10.1 Å². The van der Waals surface area contributed by atoms with Crippen LogP contribution in [-0.4, -0.2) is 39.4 Å². The highest BCUT2D eigenvalue weighted by atomic mass is 19.4. The zero-order valence-corrected chi connectivity index (χ0v) is 14.3. The third-order valence-corrected chi connectivity index (χ3v) is 3.76. The maximum Gasteiger partial charge on any atom is 0.573 e. The van der Waals surface area contributed by atoms with Crippen molar-refractivity contribution in [3.8, 4) is 22.8 Å². The summed E-state index contributed by atoms with van der Waals surface area (Å²) in [5.41, 5.74) is 1.28. The van der Waals surface area contributed by atoms with Crippen LogP contribution in [0.4, 0.5) is 19.0 Å². The highest BCUT2D eigenvalue weighted by Crippen LogP contribution is 2.35. The maximum absolute atomic E-state index is 12.2. The molecule has 0 amide bonds. The number of nitrogens with one attached hydrogen (secondary N) is 1. The van der Waals surface area contributed by atoms with Crippen LogP contribution in [0.2, 0.25) is 0 Å². The van der Waals surface area contributed by atoms with Gasteiger partial charge in [0.1, 0.15) is 17.3 Å². The molecule has 26 heavy (non-hydrogen) atoms. The number of aromatic nitrogens is 2. The number of benzene rings is 1. The lowest BCUT2D eigenvalue weighted by molar-refractivity contribution is -0.274. The third kappa shape index (κ3) is 5.22. The van der Waals surface area contributed by atoms with E-state index in [1.807, 2.05) is 6.92 Å². The Hall–Kier alpha value is -2.55. The number of ether oxygens (including phenoxy) is 1. The smallest absolute Gasteiger partial charge is 0.507 e. The van der Waals surface area contributed by atoms with Crippen molar-refractivity contribution in [3.63, 3.8) is 0 Å². The van der Waals surface area contributed by atoms with Crippen molar-refractivity contribution in [1.29, 1.82) is 0 Å². The Labute approximate surface area is 148 Å². The summed E-state index contributed by atoms with van der Waals surface area (Å²) in [7, 11) is 0. The highest BCUT2D eigenvalue weighted by Gasteiger charge is 2.31. The van der Waals surface area contributed by atoms with Gasteiger partial charge in [-0.05, 0) is 43.5 Å². The number of phenolic OH excluding ortho intramolecular Hbond substituents is 1. The standard InChI is InChI=1S/C17H20F3N3O3/c1-3-11(6-7-24)21-15-8-10(2)16(23-22-15)13-5-4-12(9-14(13)25)26-17(18,19)20/h4-5,8-9,11,24-25H,3,6-7H2,1-2H3,(H,21,22)/t11-/m0/s1. The second-order valence-corrected chi connectivity index (χ2v) is 5.75. The number of hydrogen-bond donors (Lipinski definition) is 3. The van der Waals surface area contributed by atoms with E-state index < -0.39 is 17.9 Å². The number of rotatable bonds is 7. The molecule has 0 aliphatic heterocycles. The van der Waals surface area contributed by atoms with E-state index in [1.54, 1.807) is 13.0 Å². The molecular formula is C17H20F3N3O3. The summed E-state index contributed by atoms with van der Waals surface area (Å²) in [5.74, 6) is -0.392.